The van der Waals surface area contributed by atoms with Crippen molar-refractivity contribution < 1.29 is 13.2 Å². The van der Waals surface area contributed by atoms with Crippen molar-refractivity contribution in [2.24, 2.45) is 5.41 Å². The minimum Gasteiger partial charge on any atom is -0.380 e. The molecule has 1 fully saturated rings. The van der Waals surface area contributed by atoms with Crippen LogP contribution < -0.4 is 0 Å². The number of rotatable bonds is 6. The summed E-state index contributed by atoms with van der Waals surface area (Å²) >= 11 is 6.07. The lowest BCUT2D eigenvalue weighted by Crippen LogP contribution is -2.19. The number of nitrogens with zero attached hydrogens (tertiary/aromatic N) is 1. The van der Waals surface area contributed by atoms with Crippen LogP contribution in [-0.4, -0.2) is 26.9 Å². The first-order valence-electron chi connectivity index (χ1n) is 8.01. The monoisotopic (exact) mass is 375 g/mol. The summed E-state index contributed by atoms with van der Waals surface area (Å²) in [7, 11) is -3.67. The molecule has 0 saturated heterocycles. The summed E-state index contributed by atoms with van der Waals surface area (Å²) in [5.74, 6) is -0.465. The van der Waals surface area contributed by atoms with Crippen molar-refractivity contribution in [3.8, 4) is 6.07 Å². The van der Waals surface area contributed by atoms with Crippen molar-refractivity contribution in [3.63, 3.8) is 0 Å². The topological polar surface area (TPSA) is 67.2 Å². The van der Waals surface area contributed by atoms with Crippen LogP contribution in [-0.2, 0) is 14.6 Å². The van der Waals surface area contributed by atoms with Gasteiger partial charge in [-0.05, 0) is 36.8 Å². The molecular weight excluding hydrogens is 358 g/mol. The van der Waals surface area contributed by atoms with E-state index in [1.54, 1.807) is 48.5 Å². The van der Waals surface area contributed by atoms with Crippen LogP contribution in [0.4, 0.5) is 0 Å². The van der Waals surface area contributed by atoms with E-state index in [1.165, 1.54) is 0 Å². The Morgan fingerprint density at radius 2 is 1.92 bits per heavy atom. The van der Waals surface area contributed by atoms with Crippen LogP contribution in [0.25, 0.3) is 0 Å². The second kappa shape index (κ2) is 6.80. The zero-order valence-corrected chi connectivity index (χ0v) is 15.3. The van der Waals surface area contributed by atoms with Gasteiger partial charge < -0.3 is 4.74 Å². The highest BCUT2D eigenvalue weighted by atomic mass is 35.5. The smallest absolute Gasteiger partial charge is 0.183 e. The fourth-order valence-electron chi connectivity index (χ4n) is 3.40. The predicted molar refractivity (Wildman–Crippen MR) is 96.1 cm³/mol. The van der Waals surface area contributed by atoms with Gasteiger partial charge in [0.2, 0.25) is 0 Å². The fourth-order valence-corrected chi connectivity index (χ4v) is 5.93. The van der Waals surface area contributed by atoms with Gasteiger partial charge in [0, 0.05) is 17.5 Å². The first kappa shape index (κ1) is 17.9. The van der Waals surface area contributed by atoms with Crippen molar-refractivity contribution >= 4 is 21.4 Å². The fraction of sp³-hybridized carbons (Fsp3) is 0.316. The van der Waals surface area contributed by atoms with Gasteiger partial charge in [-0.2, -0.15) is 5.26 Å². The van der Waals surface area contributed by atoms with Gasteiger partial charge in [0.25, 0.3) is 0 Å². The summed E-state index contributed by atoms with van der Waals surface area (Å²) < 4.78 is 31.8. The third-order valence-corrected chi connectivity index (χ3v) is 7.15. The molecule has 0 aromatic heterocycles. The van der Waals surface area contributed by atoms with Gasteiger partial charge in [0.05, 0.1) is 22.8 Å². The molecule has 1 aliphatic carbocycles. The molecule has 0 amide bonds. The molecule has 0 spiro atoms. The van der Waals surface area contributed by atoms with Crippen molar-refractivity contribution in [3.05, 3.63) is 65.2 Å². The van der Waals surface area contributed by atoms with Crippen molar-refractivity contribution in [1.29, 1.82) is 5.26 Å². The Kier molecular flexibility index (Phi) is 4.88. The Balaban J connectivity index is 2.08. The minimum absolute atomic E-state index is 0.0773. The number of nitriles is 1. The van der Waals surface area contributed by atoms with Gasteiger partial charge in [0.1, 0.15) is 5.41 Å². The Morgan fingerprint density at radius 3 is 2.52 bits per heavy atom. The maximum absolute atomic E-state index is 13.2. The van der Waals surface area contributed by atoms with E-state index in [2.05, 4.69) is 6.07 Å². The number of ether oxygens (including phenoxy) is 1. The average molecular weight is 376 g/mol. The standard InChI is InChI=1S/C19H18ClNO3S/c1-2-24-13-19(12-21)17(14-7-6-8-15(20)11-14)18(19)25(22,23)16-9-4-3-5-10-16/h3-11,17-18H,2,13H2,1H3/t17-,18-,19-/m0/s1. The molecule has 0 heterocycles. The molecule has 4 nitrogen and oxygen atoms in total. The van der Waals surface area contributed by atoms with E-state index in [-0.39, 0.29) is 11.5 Å². The van der Waals surface area contributed by atoms with E-state index in [4.69, 9.17) is 16.3 Å². The van der Waals surface area contributed by atoms with Gasteiger partial charge in [-0.1, -0.05) is 41.9 Å². The van der Waals surface area contributed by atoms with E-state index < -0.39 is 26.4 Å². The van der Waals surface area contributed by atoms with Crippen molar-refractivity contribution in [2.75, 3.05) is 13.2 Å². The lowest BCUT2D eigenvalue weighted by atomic mass is 10.0. The van der Waals surface area contributed by atoms with Crippen LogP contribution in [0.5, 0.6) is 0 Å². The lowest BCUT2D eigenvalue weighted by molar-refractivity contribution is 0.117. The van der Waals surface area contributed by atoms with E-state index in [0.29, 0.717) is 11.6 Å². The molecule has 25 heavy (non-hydrogen) atoms. The Morgan fingerprint density at radius 1 is 1.20 bits per heavy atom. The van der Waals surface area contributed by atoms with E-state index >= 15 is 0 Å². The molecule has 0 aliphatic heterocycles. The molecule has 6 heteroatoms. The first-order chi connectivity index (χ1) is 12.0. The SMILES string of the molecule is CCOC[C@@]1(C#N)[C@@H](c2cccc(Cl)c2)[C@@H]1S(=O)(=O)c1ccccc1. The highest BCUT2D eigenvalue weighted by Gasteiger charge is 2.72. The Bertz CT molecular complexity index is 908. The van der Waals surface area contributed by atoms with E-state index in [1.807, 2.05) is 13.0 Å². The average Bonchev–Trinajstić information content (AvgIpc) is 3.31. The van der Waals surface area contributed by atoms with Crippen LogP contribution in [0.15, 0.2) is 59.5 Å². The van der Waals surface area contributed by atoms with Crippen LogP contribution in [0.2, 0.25) is 5.02 Å². The molecule has 3 atom stereocenters. The highest BCUT2D eigenvalue weighted by molar-refractivity contribution is 7.92. The molecule has 3 rings (SSSR count). The third kappa shape index (κ3) is 3.06. The van der Waals surface area contributed by atoms with Crippen LogP contribution >= 0.6 is 11.6 Å². The summed E-state index contributed by atoms with van der Waals surface area (Å²) in [5.41, 5.74) is -0.353. The zero-order valence-electron chi connectivity index (χ0n) is 13.7. The minimum atomic E-state index is -3.67. The number of halogens is 1. The molecule has 0 radical (unpaired) electrons. The zero-order chi connectivity index (χ0) is 18.1. The van der Waals surface area contributed by atoms with Crippen molar-refractivity contribution in [2.45, 2.75) is 23.0 Å². The Labute approximate surface area is 152 Å². The molecule has 2 aromatic rings. The maximum atomic E-state index is 13.2. The Hall–Kier alpha value is -1.87. The number of hydrogen-bond acceptors (Lipinski definition) is 4. The molecular formula is C19H18ClNO3S. The summed E-state index contributed by atoms with van der Waals surface area (Å²) in [6.07, 6.45) is 0. The first-order valence-corrected chi connectivity index (χ1v) is 9.93. The molecule has 1 aliphatic rings. The van der Waals surface area contributed by atoms with Crippen LogP contribution in [0.3, 0.4) is 0 Å². The molecule has 130 valence electrons. The van der Waals surface area contributed by atoms with Gasteiger partial charge in [0.15, 0.2) is 9.84 Å². The van der Waals surface area contributed by atoms with Gasteiger partial charge in [-0.3, -0.25) is 0 Å². The summed E-state index contributed by atoms with van der Waals surface area (Å²) in [6.45, 7) is 2.32. The van der Waals surface area contributed by atoms with Gasteiger partial charge in [-0.15, -0.1) is 0 Å². The summed E-state index contributed by atoms with van der Waals surface area (Å²) in [4.78, 5) is 0.223. The second-order valence-corrected chi connectivity index (χ2v) is 8.61. The number of benzene rings is 2. The van der Waals surface area contributed by atoms with Crippen molar-refractivity contribution in [1.82, 2.24) is 0 Å². The normalized spacial score (nSPS) is 25.3. The number of hydrogen-bond donors (Lipinski definition) is 0. The molecule has 0 N–H and O–H groups in total. The van der Waals surface area contributed by atoms with E-state index in [9.17, 15) is 13.7 Å². The quantitative estimate of drug-likeness (QED) is 0.769. The van der Waals surface area contributed by atoms with E-state index in [0.717, 1.165) is 5.56 Å². The predicted octanol–water partition coefficient (Wildman–Crippen LogP) is 3.83. The maximum Gasteiger partial charge on any atom is 0.183 e. The molecule has 0 bridgehead atoms. The molecule has 1 saturated carbocycles. The lowest BCUT2D eigenvalue weighted by Gasteiger charge is -2.09. The molecule has 2 aromatic carbocycles. The van der Waals surface area contributed by atoms with Gasteiger partial charge in [-0.25, -0.2) is 8.42 Å². The summed E-state index contributed by atoms with van der Waals surface area (Å²) in [6, 6.07) is 17.5. The second-order valence-electron chi connectivity index (χ2n) is 6.10. The largest absolute Gasteiger partial charge is 0.380 e. The van der Waals surface area contributed by atoms with Crippen LogP contribution in [0, 0.1) is 16.7 Å². The number of sulfone groups is 1. The van der Waals surface area contributed by atoms with Gasteiger partial charge >= 0.3 is 0 Å². The third-order valence-electron chi connectivity index (χ3n) is 4.62. The summed E-state index contributed by atoms with van der Waals surface area (Å²) in [5, 5.41) is 9.50. The highest BCUT2D eigenvalue weighted by Crippen LogP contribution is 2.64. The van der Waals surface area contributed by atoms with Crippen LogP contribution in [0.1, 0.15) is 18.4 Å². The molecule has 0 unspecified atom stereocenters.